The van der Waals surface area contributed by atoms with Gasteiger partial charge in [0, 0.05) is 12.6 Å². The van der Waals surface area contributed by atoms with E-state index < -0.39 is 11.2 Å². The quantitative estimate of drug-likeness (QED) is 0.691. The van der Waals surface area contributed by atoms with Gasteiger partial charge in [-0.25, -0.2) is 4.79 Å². The van der Waals surface area contributed by atoms with Crippen LogP contribution in [-0.4, -0.2) is 14.5 Å². The van der Waals surface area contributed by atoms with Gasteiger partial charge in [-0.2, -0.15) is 4.98 Å². The van der Waals surface area contributed by atoms with E-state index in [0.717, 1.165) is 25.7 Å². The monoisotopic (exact) mass is 291 g/mol. The number of rotatable bonds is 6. The first kappa shape index (κ1) is 15.1. The molecule has 0 spiro atoms. The average molecular weight is 291 g/mol. The van der Waals surface area contributed by atoms with Crippen LogP contribution in [0.5, 0.6) is 0 Å². The highest BCUT2D eigenvalue weighted by Gasteiger charge is 2.12. The van der Waals surface area contributed by atoms with Crippen LogP contribution >= 0.6 is 0 Å². The van der Waals surface area contributed by atoms with E-state index in [0.29, 0.717) is 12.1 Å². The second-order valence-corrected chi connectivity index (χ2v) is 5.16. The maximum atomic E-state index is 12.0. The molecule has 21 heavy (non-hydrogen) atoms. The van der Waals surface area contributed by atoms with Crippen molar-refractivity contribution in [3.8, 4) is 0 Å². The minimum atomic E-state index is -0.444. The summed E-state index contributed by atoms with van der Waals surface area (Å²) in [6.07, 6.45) is 5.37. The van der Waals surface area contributed by atoms with E-state index in [1.54, 1.807) is 6.07 Å². The predicted molar refractivity (Wildman–Crippen MR) is 84.2 cm³/mol. The highest BCUT2D eigenvalue weighted by Crippen LogP contribution is 2.15. The molecule has 0 amide bonds. The Kier molecular flexibility index (Phi) is 4.62. The first-order chi connectivity index (χ1) is 10.0. The van der Waals surface area contributed by atoms with Crippen molar-refractivity contribution in [1.29, 1.82) is 0 Å². The first-order valence-electron chi connectivity index (χ1n) is 7.23. The molecule has 0 unspecified atom stereocenters. The third-order valence-corrected chi connectivity index (χ3v) is 3.51. The van der Waals surface area contributed by atoms with Gasteiger partial charge in [-0.15, -0.1) is 0 Å². The molecule has 0 radical (unpaired) electrons. The minimum Gasteiger partial charge on any atom is -0.385 e. The number of unbranched alkanes of at least 4 members (excludes halogenated alkanes) is 4. The maximum absolute atomic E-state index is 12.0. The van der Waals surface area contributed by atoms with E-state index in [1.165, 1.54) is 11.0 Å². The summed E-state index contributed by atoms with van der Waals surface area (Å²) in [6.45, 7) is 2.66. The molecule has 2 heterocycles. The van der Waals surface area contributed by atoms with Crippen LogP contribution in [0.1, 0.15) is 39.0 Å². The standard InChI is InChI=1S/C14H21N5O2/c1-2-3-4-5-6-7-19-9-8-10(15)17-13(20)11(9)12(16)18-14(19)21/h8H,2-7H2,1H3,(H3,15,17,20)(H2,16,18,21). The number of nitrogen functional groups attached to an aromatic ring is 2. The zero-order valence-corrected chi connectivity index (χ0v) is 12.2. The van der Waals surface area contributed by atoms with Gasteiger partial charge < -0.3 is 16.5 Å². The second kappa shape index (κ2) is 6.43. The van der Waals surface area contributed by atoms with Crippen LogP contribution in [0.3, 0.4) is 0 Å². The average Bonchev–Trinajstić information content (AvgIpc) is 2.40. The number of aryl methyl sites for hydroxylation is 1. The van der Waals surface area contributed by atoms with Crippen molar-refractivity contribution < 1.29 is 0 Å². The normalized spacial score (nSPS) is 11.1. The Hall–Kier alpha value is -2.31. The summed E-state index contributed by atoms with van der Waals surface area (Å²) in [5.74, 6) is 0.149. The molecule has 0 fully saturated rings. The summed E-state index contributed by atoms with van der Waals surface area (Å²) in [5, 5.41) is 0.220. The van der Waals surface area contributed by atoms with Crippen molar-refractivity contribution in [2.75, 3.05) is 11.5 Å². The number of aromatic nitrogens is 3. The third-order valence-electron chi connectivity index (χ3n) is 3.51. The van der Waals surface area contributed by atoms with Gasteiger partial charge in [-0.05, 0) is 6.42 Å². The lowest BCUT2D eigenvalue weighted by Crippen LogP contribution is -2.27. The van der Waals surface area contributed by atoms with Crippen LogP contribution in [0.15, 0.2) is 15.7 Å². The largest absolute Gasteiger partial charge is 0.385 e. The smallest absolute Gasteiger partial charge is 0.350 e. The van der Waals surface area contributed by atoms with Gasteiger partial charge in [0.25, 0.3) is 5.56 Å². The van der Waals surface area contributed by atoms with E-state index in [9.17, 15) is 9.59 Å². The summed E-state index contributed by atoms with van der Waals surface area (Å²) in [5.41, 5.74) is 10.9. The highest BCUT2D eigenvalue weighted by atomic mass is 16.1. The lowest BCUT2D eigenvalue weighted by Gasteiger charge is -2.10. The highest BCUT2D eigenvalue weighted by molar-refractivity contribution is 5.88. The van der Waals surface area contributed by atoms with Gasteiger partial charge >= 0.3 is 5.69 Å². The fourth-order valence-electron chi connectivity index (χ4n) is 2.44. The number of nitrogens with one attached hydrogen (secondary N) is 1. The summed E-state index contributed by atoms with van der Waals surface area (Å²) >= 11 is 0. The molecule has 0 saturated heterocycles. The van der Waals surface area contributed by atoms with Gasteiger partial charge in [-0.1, -0.05) is 32.6 Å². The molecule has 0 aliphatic carbocycles. The molecule has 0 aliphatic rings. The molecular formula is C14H21N5O2. The van der Waals surface area contributed by atoms with Gasteiger partial charge in [0.05, 0.1) is 5.52 Å². The number of H-pyrrole nitrogens is 1. The van der Waals surface area contributed by atoms with E-state index in [-0.39, 0.29) is 17.0 Å². The summed E-state index contributed by atoms with van der Waals surface area (Å²) in [6, 6.07) is 1.56. The number of pyridine rings is 1. The fraction of sp³-hybridized carbons (Fsp3) is 0.500. The van der Waals surface area contributed by atoms with Crippen LogP contribution in [0.2, 0.25) is 0 Å². The molecule has 0 aliphatic heterocycles. The van der Waals surface area contributed by atoms with Crippen molar-refractivity contribution >= 4 is 22.5 Å². The molecule has 0 aromatic carbocycles. The Labute approximate surface area is 122 Å². The zero-order chi connectivity index (χ0) is 15.4. The number of hydrogen-bond acceptors (Lipinski definition) is 5. The zero-order valence-electron chi connectivity index (χ0n) is 12.2. The Morgan fingerprint density at radius 1 is 1.19 bits per heavy atom. The molecule has 5 N–H and O–H groups in total. The number of nitrogens with two attached hydrogens (primary N) is 2. The molecule has 7 heteroatoms. The van der Waals surface area contributed by atoms with Gasteiger partial charge in [0.1, 0.15) is 17.0 Å². The minimum absolute atomic E-state index is 0.0570. The van der Waals surface area contributed by atoms with Gasteiger partial charge in [-0.3, -0.25) is 9.36 Å². The Balaban J connectivity index is 2.39. The molecule has 2 aromatic rings. The van der Waals surface area contributed by atoms with Crippen LogP contribution < -0.4 is 22.7 Å². The molecule has 2 rings (SSSR count). The van der Waals surface area contributed by atoms with Crippen LogP contribution in [-0.2, 0) is 6.54 Å². The lowest BCUT2D eigenvalue weighted by atomic mass is 10.1. The van der Waals surface area contributed by atoms with Crippen molar-refractivity contribution in [2.24, 2.45) is 0 Å². The van der Waals surface area contributed by atoms with E-state index in [1.807, 2.05) is 0 Å². The van der Waals surface area contributed by atoms with Crippen molar-refractivity contribution in [2.45, 2.75) is 45.6 Å². The molecular weight excluding hydrogens is 270 g/mol. The first-order valence-corrected chi connectivity index (χ1v) is 7.23. The van der Waals surface area contributed by atoms with Crippen molar-refractivity contribution in [1.82, 2.24) is 14.5 Å². The third kappa shape index (κ3) is 3.24. The van der Waals surface area contributed by atoms with E-state index >= 15 is 0 Å². The Morgan fingerprint density at radius 2 is 1.90 bits per heavy atom. The summed E-state index contributed by atoms with van der Waals surface area (Å²) < 4.78 is 1.48. The van der Waals surface area contributed by atoms with Gasteiger partial charge in [0.15, 0.2) is 0 Å². The van der Waals surface area contributed by atoms with Crippen LogP contribution in [0, 0.1) is 0 Å². The SMILES string of the molecule is CCCCCCCn1c(=O)nc(N)c2c(=O)[nH]c(N)cc21. The number of hydrogen-bond donors (Lipinski definition) is 3. The fourth-order valence-corrected chi connectivity index (χ4v) is 2.44. The van der Waals surface area contributed by atoms with E-state index in [4.69, 9.17) is 11.5 Å². The molecule has 2 aromatic heterocycles. The molecule has 114 valence electrons. The predicted octanol–water partition coefficient (Wildman–Crippen LogP) is 1.22. The summed E-state index contributed by atoms with van der Waals surface area (Å²) in [4.78, 5) is 30.1. The van der Waals surface area contributed by atoms with Crippen molar-refractivity contribution in [3.05, 3.63) is 26.9 Å². The topological polar surface area (TPSA) is 120 Å². The van der Waals surface area contributed by atoms with Crippen LogP contribution in [0.25, 0.3) is 10.9 Å². The molecule has 7 nitrogen and oxygen atoms in total. The van der Waals surface area contributed by atoms with E-state index in [2.05, 4.69) is 16.9 Å². The molecule has 0 bridgehead atoms. The number of nitrogens with zero attached hydrogens (tertiary/aromatic N) is 2. The van der Waals surface area contributed by atoms with Crippen LogP contribution in [0.4, 0.5) is 11.6 Å². The Morgan fingerprint density at radius 3 is 2.62 bits per heavy atom. The van der Waals surface area contributed by atoms with Gasteiger partial charge in [0.2, 0.25) is 0 Å². The number of fused-ring (bicyclic) bond motifs is 1. The molecule has 0 saturated carbocycles. The Bertz CT molecular complexity index is 747. The number of anilines is 2. The maximum Gasteiger partial charge on any atom is 0.350 e. The summed E-state index contributed by atoms with van der Waals surface area (Å²) in [7, 11) is 0. The molecule has 0 atom stereocenters. The lowest BCUT2D eigenvalue weighted by molar-refractivity contribution is 0.563. The second-order valence-electron chi connectivity index (χ2n) is 5.16. The number of aromatic amines is 1. The van der Waals surface area contributed by atoms with Crippen molar-refractivity contribution in [3.63, 3.8) is 0 Å².